The topological polar surface area (TPSA) is 52.8 Å². The Bertz CT molecular complexity index is 561. The lowest BCUT2D eigenvalue weighted by atomic mass is 10.0. The summed E-state index contributed by atoms with van der Waals surface area (Å²) in [7, 11) is 0. The number of hydrogen-bond acceptors (Lipinski definition) is 4. The number of benzene rings is 1. The maximum Gasteiger partial charge on any atom is 0.224 e. The molecule has 0 spiro atoms. The molecule has 144 valence electrons. The van der Waals surface area contributed by atoms with E-state index in [-0.39, 0.29) is 11.9 Å². The molecule has 3 atom stereocenters. The maximum absolute atomic E-state index is 12.6. The third-order valence-corrected chi connectivity index (χ3v) is 6.16. The van der Waals surface area contributed by atoms with Crippen LogP contribution in [0, 0.1) is 0 Å². The molecule has 26 heavy (non-hydrogen) atoms. The first-order chi connectivity index (χ1) is 12.5. The predicted molar refractivity (Wildman–Crippen MR) is 106 cm³/mol. The molecule has 0 aromatic heterocycles. The SMILES string of the molecule is C[C@@H]1CC[C@@H](C)N1CCN1CCN(C(=O)C[C@@H](N)c2ccccc2)CC1. The summed E-state index contributed by atoms with van der Waals surface area (Å²) in [6.07, 6.45) is 3.04. The summed E-state index contributed by atoms with van der Waals surface area (Å²) in [6, 6.07) is 11.1. The van der Waals surface area contributed by atoms with Gasteiger partial charge in [0, 0.05) is 63.8 Å². The van der Waals surface area contributed by atoms with Crippen LogP contribution in [-0.2, 0) is 4.79 Å². The molecule has 0 saturated carbocycles. The van der Waals surface area contributed by atoms with Gasteiger partial charge in [-0.05, 0) is 32.3 Å². The van der Waals surface area contributed by atoms with E-state index in [1.165, 1.54) is 12.8 Å². The minimum absolute atomic E-state index is 0.183. The molecule has 2 fully saturated rings. The van der Waals surface area contributed by atoms with Gasteiger partial charge < -0.3 is 10.6 Å². The van der Waals surface area contributed by atoms with Crippen LogP contribution in [0.3, 0.4) is 0 Å². The van der Waals surface area contributed by atoms with Crippen molar-refractivity contribution in [2.75, 3.05) is 39.3 Å². The Morgan fingerprint density at radius 3 is 2.27 bits per heavy atom. The summed E-state index contributed by atoms with van der Waals surface area (Å²) in [6.45, 7) is 10.5. The van der Waals surface area contributed by atoms with Crippen molar-refractivity contribution < 1.29 is 4.79 Å². The van der Waals surface area contributed by atoms with Crippen LogP contribution in [0.2, 0.25) is 0 Å². The Labute approximate surface area is 158 Å². The molecule has 0 bridgehead atoms. The van der Waals surface area contributed by atoms with Crippen LogP contribution in [0.5, 0.6) is 0 Å². The first-order valence-corrected chi connectivity index (χ1v) is 10.1. The van der Waals surface area contributed by atoms with Gasteiger partial charge in [-0.3, -0.25) is 14.6 Å². The molecule has 1 aromatic rings. The third-order valence-electron chi connectivity index (χ3n) is 6.16. The molecule has 5 heteroatoms. The normalized spacial score (nSPS) is 26.2. The zero-order valence-electron chi connectivity index (χ0n) is 16.3. The third kappa shape index (κ3) is 4.84. The number of hydrogen-bond donors (Lipinski definition) is 1. The average molecular weight is 359 g/mol. The molecule has 3 rings (SSSR count). The highest BCUT2D eigenvalue weighted by Gasteiger charge is 2.28. The summed E-state index contributed by atoms with van der Waals surface area (Å²) < 4.78 is 0. The number of carbonyl (C=O) groups excluding carboxylic acids is 1. The van der Waals surface area contributed by atoms with Crippen LogP contribution < -0.4 is 5.73 Å². The van der Waals surface area contributed by atoms with Gasteiger partial charge in [-0.1, -0.05) is 30.3 Å². The molecule has 2 aliphatic rings. The molecule has 1 aromatic carbocycles. The van der Waals surface area contributed by atoms with Crippen molar-refractivity contribution in [3.05, 3.63) is 35.9 Å². The van der Waals surface area contributed by atoms with Crippen molar-refractivity contribution in [2.45, 2.75) is 51.2 Å². The highest BCUT2D eigenvalue weighted by atomic mass is 16.2. The van der Waals surface area contributed by atoms with Crippen LogP contribution in [0.4, 0.5) is 0 Å². The second-order valence-electron chi connectivity index (χ2n) is 7.96. The van der Waals surface area contributed by atoms with Gasteiger partial charge in [-0.2, -0.15) is 0 Å². The summed E-state index contributed by atoms with van der Waals surface area (Å²) in [4.78, 5) is 19.7. The zero-order chi connectivity index (χ0) is 18.5. The first kappa shape index (κ1) is 19.3. The van der Waals surface area contributed by atoms with E-state index in [9.17, 15) is 4.79 Å². The second kappa shape index (κ2) is 8.98. The van der Waals surface area contributed by atoms with E-state index in [1.807, 2.05) is 35.2 Å². The van der Waals surface area contributed by atoms with Crippen molar-refractivity contribution in [1.29, 1.82) is 0 Å². The van der Waals surface area contributed by atoms with Gasteiger partial charge in [0.15, 0.2) is 0 Å². The van der Waals surface area contributed by atoms with Crippen molar-refractivity contribution in [3.63, 3.8) is 0 Å². The van der Waals surface area contributed by atoms with Gasteiger partial charge >= 0.3 is 0 Å². The number of nitrogens with zero attached hydrogens (tertiary/aromatic N) is 3. The molecular weight excluding hydrogens is 324 g/mol. The summed E-state index contributed by atoms with van der Waals surface area (Å²) in [5, 5.41) is 0. The van der Waals surface area contributed by atoms with E-state index in [1.54, 1.807) is 0 Å². The van der Waals surface area contributed by atoms with Gasteiger partial charge in [0.2, 0.25) is 5.91 Å². The quantitative estimate of drug-likeness (QED) is 0.846. The highest BCUT2D eigenvalue weighted by molar-refractivity contribution is 5.77. The average Bonchev–Trinajstić information content (AvgIpc) is 2.99. The molecule has 5 nitrogen and oxygen atoms in total. The molecule has 2 saturated heterocycles. The molecule has 0 radical (unpaired) electrons. The summed E-state index contributed by atoms with van der Waals surface area (Å²) >= 11 is 0. The minimum Gasteiger partial charge on any atom is -0.340 e. The van der Waals surface area contributed by atoms with E-state index in [0.717, 1.165) is 44.8 Å². The Morgan fingerprint density at radius 2 is 1.65 bits per heavy atom. The first-order valence-electron chi connectivity index (χ1n) is 10.1. The standard InChI is InChI=1S/C21H34N4O/c1-17-8-9-18(2)25(17)15-12-23-10-13-24(14-11-23)21(26)16-20(22)19-6-4-3-5-7-19/h3-7,17-18,20H,8-16,22H2,1-2H3/t17-,18-,20-/m1/s1. The monoisotopic (exact) mass is 358 g/mol. The van der Waals surface area contributed by atoms with Crippen molar-refractivity contribution in [1.82, 2.24) is 14.7 Å². The Balaban J connectivity index is 1.40. The molecular formula is C21H34N4O. The number of rotatable bonds is 6. The lowest BCUT2D eigenvalue weighted by Gasteiger charge is -2.37. The van der Waals surface area contributed by atoms with Crippen LogP contribution in [0.1, 0.15) is 44.7 Å². The number of likely N-dealkylation sites (tertiary alicyclic amines) is 1. The maximum atomic E-state index is 12.6. The van der Waals surface area contributed by atoms with Gasteiger partial charge in [0.1, 0.15) is 0 Å². The number of piperazine rings is 1. The van der Waals surface area contributed by atoms with Crippen LogP contribution in [-0.4, -0.2) is 72.0 Å². The van der Waals surface area contributed by atoms with Crippen molar-refractivity contribution in [3.8, 4) is 0 Å². The Morgan fingerprint density at radius 1 is 1.04 bits per heavy atom. The predicted octanol–water partition coefficient (Wildman–Crippen LogP) is 2.09. The number of amides is 1. The van der Waals surface area contributed by atoms with Crippen molar-refractivity contribution in [2.24, 2.45) is 5.73 Å². The minimum atomic E-state index is -0.208. The fourth-order valence-electron chi connectivity index (χ4n) is 4.30. The molecule has 0 unspecified atom stereocenters. The summed E-state index contributed by atoms with van der Waals surface area (Å²) in [5.41, 5.74) is 7.25. The number of nitrogens with two attached hydrogens (primary N) is 1. The van der Waals surface area contributed by atoms with Crippen LogP contribution in [0.25, 0.3) is 0 Å². The van der Waals surface area contributed by atoms with Gasteiger partial charge in [-0.15, -0.1) is 0 Å². The molecule has 2 N–H and O–H groups in total. The van der Waals surface area contributed by atoms with Crippen LogP contribution >= 0.6 is 0 Å². The van der Waals surface area contributed by atoms with E-state index < -0.39 is 0 Å². The van der Waals surface area contributed by atoms with E-state index in [4.69, 9.17) is 5.73 Å². The summed E-state index contributed by atoms with van der Waals surface area (Å²) in [5.74, 6) is 0.183. The van der Waals surface area contributed by atoms with E-state index >= 15 is 0 Å². The highest BCUT2D eigenvalue weighted by Crippen LogP contribution is 2.23. The fraction of sp³-hybridized carbons (Fsp3) is 0.667. The largest absolute Gasteiger partial charge is 0.340 e. The van der Waals surface area contributed by atoms with Crippen LogP contribution in [0.15, 0.2) is 30.3 Å². The van der Waals surface area contributed by atoms with Gasteiger partial charge in [-0.25, -0.2) is 0 Å². The second-order valence-corrected chi connectivity index (χ2v) is 7.96. The number of carbonyl (C=O) groups is 1. The molecule has 1 amide bonds. The lowest BCUT2D eigenvalue weighted by molar-refractivity contribution is -0.133. The van der Waals surface area contributed by atoms with Gasteiger partial charge in [0.05, 0.1) is 0 Å². The Kier molecular flexibility index (Phi) is 6.68. The zero-order valence-corrected chi connectivity index (χ0v) is 16.3. The van der Waals surface area contributed by atoms with E-state index in [0.29, 0.717) is 18.5 Å². The lowest BCUT2D eigenvalue weighted by Crippen LogP contribution is -2.51. The molecule has 0 aliphatic carbocycles. The Hall–Kier alpha value is -1.43. The molecule has 2 heterocycles. The smallest absolute Gasteiger partial charge is 0.224 e. The molecule has 2 aliphatic heterocycles. The van der Waals surface area contributed by atoms with Crippen molar-refractivity contribution >= 4 is 5.91 Å². The van der Waals surface area contributed by atoms with E-state index in [2.05, 4.69) is 23.6 Å². The fourth-order valence-corrected chi connectivity index (χ4v) is 4.30. The van der Waals surface area contributed by atoms with Gasteiger partial charge in [0.25, 0.3) is 0 Å².